The van der Waals surface area contributed by atoms with Gasteiger partial charge in [-0.1, -0.05) is 17.7 Å². The highest BCUT2D eigenvalue weighted by Crippen LogP contribution is 2.25. The molecular formula is C11H10BrClN2O. The van der Waals surface area contributed by atoms with Crippen LogP contribution in [0, 0.1) is 0 Å². The summed E-state index contributed by atoms with van der Waals surface area (Å²) in [7, 11) is 0. The second-order valence-electron chi connectivity index (χ2n) is 3.19. The molecule has 0 fully saturated rings. The topological polar surface area (TPSA) is 27.1 Å². The van der Waals surface area contributed by atoms with Gasteiger partial charge in [0, 0.05) is 17.8 Å². The van der Waals surface area contributed by atoms with E-state index in [2.05, 4.69) is 20.9 Å². The molecule has 16 heavy (non-hydrogen) atoms. The highest BCUT2D eigenvalue weighted by Gasteiger charge is 2.07. The maximum absolute atomic E-state index is 5.87. The number of benzene rings is 1. The van der Waals surface area contributed by atoms with Crippen molar-refractivity contribution >= 4 is 27.5 Å². The number of ether oxygens (including phenoxy) is 1. The minimum atomic E-state index is 0.552. The molecule has 1 aromatic heterocycles. The summed E-state index contributed by atoms with van der Waals surface area (Å²) in [4.78, 5) is 4.22. The summed E-state index contributed by atoms with van der Waals surface area (Å²) < 4.78 is 8.30. The Labute approximate surface area is 107 Å². The van der Waals surface area contributed by atoms with Crippen molar-refractivity contribution in [2.75, 3.05) is 0 Å². The second-order valence-corrected chi connectivity index (χ2v) is 4.44. The zero-order valence-electron chi connectivity index (χ0n) is 8.65. The summed E-state index contributed by atoms with van der Waals surface area (Å²) in [5.41, 5.74) is 0. The number of hydrogen-bond donors (Lipinski definition) is 0. The number of halogens is 2. The average molecular weight is 302 g/mol. The van der Waals surface area contributed by atoms with E-state index in [1.165, 1.54) is 0 Å². The molecule has 0 spiro atoms. The number of rotatable bonds is 3. The van der Waals surface area contributed by atoms with Gasteiger partial charge >= 0.3 is 6.01 Å². The van der Waals surface area contributed by atoms with Crippen LogP contribution in [0.3, 0.4) is 0 Å². The van der Waals surface area contributed by atoms with Crippen molar-refractivity contribution in [3.05, 3.63) is 40.1 Å². The lowest BCUT2D eigenvalue weighted by Gasteiger charge is -2.06. The number of aryl methyl sites for hydroxylation is 1. The third-order valence-electron chi connectivity index (χ3n) is 2.06. The van der Waals surface area contributed by atoms with Crippen LogP contribution >= 0.6 is 27.5 Å². The van der Waals surface area contributed by atoms with E-state index >= 15 is 0 Å². The van der Waals surface area contributed by atoms with E-state index in [4.69, 9.17) is 16.3 Å². The molecule has 1 heterocycles. The first-order valence-corrected chi connectivity index (χ1v) is 6.02. The smallest absolute Gasteiger partial charge is 0.302 e. The first-order valence-electron chi connectivity index (χ1n) is 4.85. The monoisotopic (exact) mass is 300 g/mol. The summed E-state index contributed by atoms with van der Waals surface area (Å²) in [5.74, 6) is 0.681. The average Bonchev–Trinajstić information content (AvgIpc) is 2.59. The molecule has 3 nitrogen and oxygen atoms in total. The van der Waals surface area contributed by atoms with E-state index < -0.39 is 0 Å². The molecule has 5 heteroatoms. The van der Waals surface area contributed by atoms with Gasteiger partial charge in [-0.3, -0.25) is 4.57 Å². The van der Waals surface area contributed by atoms with Crippen LogP contribution in [-0.4, -0.2) is 9.55 Å². The Bertz CT molecular complexity index is 498. The van der Waals surface area contributed by atoms with Crippen LogP contribution in [0.1, 0.15) is 6.92 Å². The van der Waals surface area contributed by atoms with Crippen molar-refractivity contribution < 1.29 is 4.74 Å². The maximum Gasteiger partial charge on any atom is 0.302 e. The minimum absolute atomic E-state index is 0.552. The molecule has 0 unspecified atom stereocenters. The molecule has 2 rings (SSSR count). The van der Waals surface area contributed by atoms with Crippen molar-refractivity contribution in [1.82, 2.24) is 9.55 Å². The fraction of sp³-hybridized carbons (Fsp3) is 0.182. The molecule has 0 aliphatic rings. The Morgan fingerprint density at radius 2 is 2.31 bits per heavy atom. The fourth-order valence-corrected chi connectivity index (χ4v) is 1.89. The maximum atomic E-state index is 5.87. The van der Waals surface area contributed by atoms with Gasteiger partial charge in [-0.25, -0.2) is 0 Å². The Morgan fingerprint density at radius 3 is 3.00 bits per heavy atom. The van der Waals surface area contributed by atoms with Gasteiger partial charge in [0.15, 0.2) is 0 Å². The summed E-state index contributed by atoms with van der Waals surface area (Å²) >= 11 is 9.19. The normalized spacial score (nSPS) is 10.4. The number of nitrogens with zero attached hydrogens (tertiary/aromatic N) is 2. The van der Waals surface area contributed by atoms with Crippen LogP contribution in [0.5, 0.6) is 11.8 Å². The van der Waals surface area contributed by atoms with E-state index in [-0.39, 0.29) is 0 Å². The number of hydrogen-bond acceptors (Lipinski definition) is 2. The van der Waals surface area contributed by atoms with Crippen LogP contribution in [0.15, 0.2) is 35.1 Å². The quantitative estimate of drug-likeness (QED) is 0.853. The zero-order chi connectivity index (χ0) is 11.5. The molecule has 0 N–H and O–H groups in total. The largest absolute Gasteiger partial charge is 0.425 e. The molecule has 0 atom stereocenters. The minimum Gasteiger partial charge on any atom is -0.425 e. The molecule has 84 valence electrons. The Balaban J connectivity index is 2.26. The molecule has 0 bridgehead atoms. The van der Waals surface area contributed by atoms with Crippen molar-refractivity contribution in [2.24, 2.45) is 0 Å². The first-order chi connectivity index (χ1) is 7.69. The summed E-state index contributed by atoms with van der Waals surface area (Å²) in [6.45, 7) is 2.83. The van der Waals surface area contributed by atoms with Crippen molar-refractivity contribution in [1.29, 1.82) is 0 Å². The molecule has 0 saturated carbocycles. The van der Waals surface area contributed by atoms with Gasteiger partial charge in [-0.15, -0.1) is 0 Å². The Hall–Kier alpha value is -1.00. The Morgan fingerprint density at radius 1 is 1.50 bits per heavy atom. The van der Waals surface area contributed by atoms with E-state index in [1.54, 1.807) is 12.1 Å². The lowest BCUT2D eigenvalue weighted by molar-refractivity contribution is 0.415. The van der Waals surface area contributed by atoms with Crippen LogP contribution < -0.4 is 4.74 Å². The van der Waals surface area contributed by atoms with Gasteiger partial charge in [0.25, 0.3) is 0 Å². The van der Waals surface area contributed by atoms with E-state index in [0.29, 0.717) is 16.8 Å². The van der Waals surface area contributed by atoms with E-state index in [0.717, 1.165) is 11.1 Å². The van der Waals surface area contributed by atoms with Gasteiger partial charge in [0.2, 0.25) is 0 Å². The molecule has 0 aliphatic carbocycles. The lowest BCUT2D eigenvalue weighted by atomic mass is 10.3. The van der Waals surface area contributed by atoms with Crippen LogP contribution in [0.25, 0.3) is 0 Å². The van der Waals surface area contributed by atoms with Crippen molar-refractivity contribution in [2.45, 2.75) is 13.5 Å². The van der Waals surface area contributed by atoms with Gasteiger partial charge in [-0.05, 0) is 41.1 Å². The molecule has 0 saturated heterocycles. The Kier molecular flexibility index (Phi) is 3.51. The van der Waals surface area contributed by atoms with Crippen LogP contribution in [-0.2, 0) is 6.54 Å². The predicted octanol–water partition coefficient (Wildman–Crippen LogP) is 4.11. The predicted molar refractivity (Wildman–Crippen MR) is 67.1 cm³/mol. The SMILES string of the molecule is CCn1cc(Br)nc1Oc1cccc(Cl)c1. The zero-order valence-corrected chi connectivity index (χ0v) is 11.0. The van der Waals surface area contributed by atoms with Gasteiger partial charge in [0.1, 0.15) is 10.4 Å². The summed E-state index contributed by atoms with van der Waals surface area (Å²) in [5, 5.41) is 0.645. The summed E-state index contributed by atoms with van der Waals surface area (Å²) in [6.07, 6.45) is 1.87. The van der Waals surface area contributed by atoms with Crippen LogP contribution in [0.4, 0.5) is 0 Å². The van der Waals surface area contributed by atoms with Crippen molar-refractivity contribution in [3.63, 3.8) is 0 Å². The fourth-order valence-electron chi connectivity index (χ4n) is 1.31. The van der Waals surface area contributed by atoms with Gasteiger partial charge < -0.3 is 4.74 Å². The first kappa shape index (κ1) is 11.5. The van der Waals surface area contributed by atoms with E-state index in [9.17, 15) is 0 Å². The van der Waals surface area contributed by atoms with Gasteiger partial charge in [0.05, 0.1) is 0 Å². The van der Waals surface area contributed by atoms with Gasteiger partial charge in [-0.2, -0.15) is 4.98 Å². The molecule has 0 aliphatic heterocycles. The number of imidazole rings is 1. The van der Waals surface area contributed by atoms with E-state index in [1.807, 2.05) is 29.8 Å². The molecular weight excluding hydrogens is 291 g/mol. The van der Waals surface area contributed by atoms with Crippen LogP contribution in [0.2, 0.25) is 5.02 Å². The second kappa shape index (κ2) is 4.89. The number of aromatic nitrogens is 2. The summed E-state index contributed by atoms with van der Waals surface area (Å²) in [6, 6.07) is 7.79. The third-order valence-corrected chi connectivity index (χ3v) is 2.67. The molecule has 1 aromatic carbocycles. The lowest BCUT2D eigenvalue weighted by Crippen LogP contribution is -1.96. The third kappa shape index (κ3) is 2.57. The molecule has 0 radical (unpaired) electrons. The standard InChI is InChI=1S/C11H10BrClN2O/c1-2-15-7-10(12)14-11(15)16-9-5-3-4-8(13)6-9/h3-7H,2H2,1H3. The molecule has 2 aromatic rings. The molecule has 0 amide bonds. The highest BCUT2D eigenvalue weighted by atomic mass is 79.9. The van der Waals surface area contributed by atoms with Crippen molar-refractivity contribution in [3.8, 4) is 11.8 Å². The highest BCUT2D eigenvalue weighted by molar-refractivity contribution is 9.10.